The van der Waals surface area contributed by atoms with Crippen molar-refractivity contribution in [3.63, 3.8) is 0 Å². The standard InChI is InChI=1S/C15H24N2/c1-14(2,3)12-9-6-7-15(4,5)13(9)11(17)8-10(12)16/h8H,6-7,16-17H2,1-5H3. The molecule has 0 unspecified atom stereocenters. The van der Waals surface area contributed by atoms with E-state index in [1.165, 1.54) is 23.1 Å². The third kappa shape index (κ3) is 1.80. The quantitative estimate of drug-likeness (QED) is 0.674. The lowest BCUT2D eigenvalue weighted by molar-refractivity contribution is 0.524. The lowest BCUT2D eigenvalue weighted by Crippen LogP contribution is -2.20. The molecule has 0 aromatic heterocycles. The summed E-state index contributed by atoms with van der Waals surface area (Å²) in [6.07, 6.45) is 2.27. The van der Waals surface area contributed by atoms with Gasteiger partial charge in [0.25, 0.3) is 0 Å². The Hall–Kier alpha value is -1.18. The summed E-state index contributed by atoms with van der Waals surface area (Å²) in [5.41, 5.74) is 18.4. The van der Waals surface area contributed by atoms with Crippen LogP contribution < -0.4 is 11.5 Å². The van der Waals surface area contributed by atoms with Gasteiger partial charge in [-0.15, -0.1) is 0 Å². The molecule has 0 amide bonds. The smallest absolute Gasteiger partial charge is 0.0375 e. The Balaban J connectivity index is 2.78. The Kier molecular flexibility index (Phi) is 2.46. The second-order valence-corrected chi connectivity index (χ2v) is 6.92. The second-order valence-electron chi connectivity index (χ2n) is 6.92. The summed E-state index contributed by atoms with van der Waals surface area (Å²) in [7, 11) is 0. The van der Waals surface area contributed by atoms with Gasteiger partial charge >= 0.3 is 0 Å². The Morgan fingerprint density at radius 2 is 1.71 bits per heavy atom. The van der Waals surface area contributed by atoms with E-state index in [9.17, 15) is 0 Å². The van der Waals surface area contributed by atoms with Crippen LogP contribution in [-0.2, 0) is 17.3 Å². The van der Waals surface area contributed by atoms with E-state index in [2.05, 4.69) is 34.6 Å². The van der Waals surface area contributed by atoms with E-state index in [0.717, 1.165) is 17.8 Å². The SMILES string of the molecule is CC(C)(C)c1c(N)cc(N)c2c1CCC2(C)C. The zero-order valence-corrected chi connectivity index (χ0v) is 11.6. The summed E-state index contributed by atoms with van der Waals surface area (Å²) in [6, 6.07) is 1.95. The molecule has 0 heterocycles. The molecule has 0 radical (unpaired) electrons. The number of rotatable bonds is 0. The Bertz CT molecular complexity index is 465. The molecular weight excluding hydrogens is 208 g/mol. The van der Waals surface area contributed by atoms with Crippen LogP contribution in [0.5, 0.6) is 0 Å². The highest BCUT2D eigenvalue weighted by atomic mass is 14.6. The number of benzene rings is 1. The highest BCUT2D eigenvalue weighted by molar-refractivity contribution is 5.70. The van der Waals surface area contributed by atoms with Crippen molar-refractivity contribution in [3.8, 4) is 0 Å². The average molecular weight is 232 g/mol. The molecule has 1 aliphatic carbocycles. The van der Waals surface area contributed by atoms with Gasteiger partial charge in [-0.3, -0.25) is 0 Å². The van der Waals surface area contributed by atoms with Gasteiger partial charge in [-0.05, 0) is 46.4 Å². The highest BCUT2D eigenvalue weighted by Crippen LogP contribution is 2.47. The van der Waals surface area contributed by atoms with E-state index in [1.54, 1.807) is 0 Å². The molecule has 0 spiro atoms. The molecule has 0 saturated heterocycles. The monoisotopic (exact) mass is 232 g/mol. The van der Waals surface area contributed by atoms with Crippen LogP contribution in [0.25, 0.3) is 0 Å². The maximum atomic E-state index is 6.19. The molecule has 2 nitrogen and oxygen atoms in total. The van der Waals surface area contributed by atoms with Crippen LogP contribution >= 0.6 is 0 Å². The first-order chi connectivity index (χ1) is 7.64. The Morgan fingerprint density at radius 1 is 1.12 bits per heavy atom. The van der Waals surface area contributed by atoms with E-state index in [1.807, 2.05) is 6.07 Å². The molecular formula is C15H24N2. The van der Waals surface area contributed by atoms with Gasteiger partial charge in [0.15, 0.2) is 0 Å². The summed E-state index contributed by atoms with van der Waals surface area (Å²) in [5.74, 6) is 0. The summed E-state index contributed by atoms with van der Waals surface area (Å²) < 4.78 is 0. The van der Waals surface area contributed by atoms with Crippen LogP contribution in [-0.4, -0.2) is 0 Å². The molecule has 0 bridgehead atoms. The van der Waals surface area contributed by atoms with Gasteiger partial charge in [0.05, 0.1) is 0 Å². The van der Waals surface area contributed by atoms with Gasteiger partial charge < -0.3 is 11.5 Å². The minimum Gasteiger partial charge on any atom is -0.398 e. The first-order valence-corrected chi connectivity index (χ1v) is 6.36. The summed E-state index contributed by atoms with van der Waals surface area (Å²) >= 11 is 0. The summed E-state index contributed by atoms with van der Waals surface area (Å²) in [4.78, 5) is 0. The van der Waals surface area contributed by atoms with Crippen molar-refractivity contribution in [3.05, 3.63) is 22.8 Å². The zero-order valence-electron chi connectivity index (χ0n) is 11.6. The zero-order chi connectivity index (χ0) is 13.0. The lowest BCUT2D eigenvalue weighted by atomic mass is 9.78. The molecule has 1 aromatic carbocycles. The third-order valence-corrected chi connectivity index (χ3v) is 3.92. The molecule has 0 fully saturated rings. The first kappa shape index (κ1) is 12.3. The van der Waals surface area contributed by atoms with Crippen LogP contribution in [0.15, 0.2) is 6.07 Å². The fraction of sp³-hybridized carbons (Fsp3) is 0.600. The molecule has 94 valence electrons. The van der Waals surface area contributed by atoms with Crippen molar-refractivity contribution >= 4 is 11.4 Å². The predicted molar refractivity (Wildman–Crippen MR) is 75.3 cm³/mol. The highest BCUT2D eigenvalue weighted by Gasteiger charge is 2.36. The topological polar surface area (TPSA) is 52.0 Å². The number of fused-ring (bicyclic) bond motifs is 1. The normalized spacial score (nSPS) is 18.2. The van der Waals surface area contributed by atoms with E-state index in [-0.39, 0.29) is 10.8 Å². The maximum absolute atomic E-state index is 6.19. The van der Waals surface area contributed by atoms with Crippen molar-refractivity contribution in [2.24, 2.45) is 0 Å². The molecule has 0 saturated carbocycles. The van der Waals surface area contributed by atoms with E-state index in [0.29, 0.717) is 0 Å². The number of hydrogen-bond donors (Lipinski definition) is 2. The van der Waals surface area contributed by atoms with E-state index in [4.69, 9.17) is 11.5 Å². The fourth-order valence-corrected chi connectivity index (χ4v) is 3.28. The number of nitrogens with two attached hydrogens (primary N) is 2. The van der Waals surface area contributed by atoms with E-state index < -0.39 is 0 Å². The second kappa shape index (κ2) is 3.41. The summed E-state index contributed by atoms with van der Waals surface area (Å²) in [6.45, 7) is 11.2. The molecule has 2 rings (SSSR count). The molecule has 1 aliphatic rings. The molecule has 4 N–H and O–H groups in total. The molecule has 2 heteroatoms. The van der Waals surface area contributed by atoms with Gasteiger partial charge in [0.2, 0.25) is 0 Å². The van der Waals surface area contributed by atoms with Gasteiger partial charge in [0, 0.05) is 11.4 Å². The molecule has 0 atom stereocenters. The predicted octanol–water partition coefficient (Wildman–Crippen LogP) is 3.37. The van der Waals surface area contributed by atoms with Crippen molar-refractivity contribution in [2.45, 2.75) is 58.3 Å². The lowest BCUT2D eigenvalue weighted by Gasteiger charge is -2.28. The van der Waals surface area contributed by atoms with Gasteiger partial charge in [-0.1, -0.05) is 34.6 Å². The van der Waals surface area contributed by atoms with Gasteiger partial charge in [0.1, 0.15) is 0 Å². The minimum atomic E-state index is 0.0856. The van der Waals surface area contributed by atoms with Crippen LogP contribution in [0.3, 0.4) is 0 Å². The maximum Gasteiger partial charge on any atom is 0.0375 e. The fourth-order valence-electron chi connectivity index (χ4n) is 3.28. The number of hydrogen-bond acceptors (Lipinski definition) is 2. The minimum absolute atomic E-state index is 0.0856. The summed E-state index contributed by atoms with van der Waals surface area (Å²) in [5, 5.41) is 0. The van der Waals surface area contributed by atoms with Crippen molar-refractivity contribution in [1.29, 1.82) is 0 Å². The Morgan fingerprint density at radius 3 is 2.24 bits per heavy atom. The number of anilines is 2. The van der Waals surface area contributed by atoms with Crippen molar-refractivity contribution in [2.75, 3.05) is 11.5 Å². The van der Waals surface area contributed by atoms with Crippen LogP contribution in [0.4, 0.5) is 11.4 Å². The van der Waals surface area contributed by atoms with E-state index >= 15 is 0 Å². The van der Waals surface area contributed by atoms with Crippen molar-refractivity contribution < 1.29 is 0 Å². The molecule has 17 heavy (non-hydrogen) atoms. The number of nitrogen functional groups attached to an aromatic ring is 2. The van der Waals surface area contributed by atoms with Gasteiger partial charge in [-0.25, -0.2) is 0 Å². The van der Waals surface area contributed by atoms with Crippen LogP contribution in [0.1, 0.15) is 57.7 Å². The third-order valence-electron chi connectivity index (χ3n) is 3.92. The van der Waals surface area contributed by atoms with Crippen LogP contribution in [0, 0.1) is 0 Å². The van der Waals surface area contributed by atoms with Gasteiger partial charge in [-0.2, -0.15) is 0 Å². The largest absolute Gasteiger partial charge is 0.398 e. The van der Waals surface area contributed by atoms with Crippen LogP contribution in [0.2, 0.25) is 0 Å². The molecule has 1 aromatic rings. The molecule has 0 aliphatic heterocycles. The Labute approximate surface area is 104 Å². The first-order valence-electron chi connectivity index (χ1n) is 6.36. The average Bonchev–Trinajstić information content (AvgIpc) is 2.39. The van der Waals surface area contributed by atoms with Crippen molar-refractivity contribution in [1.82, 2.24) is 0 Å².